The molecule has 0 saturated heterocycles. The summed E-state index contributed by atoms with van der Waals surface area (Å²) in [6.07, 6.45) is 1.33. The van der Waals surface area contributed by atoms with E-state index in [0.717, 1.165) is 43.6 Å². The number of carbonyl (C=O) groups is 2. The van der Waals surface area contributed by atoms with Gasteiger partial charge in [-0.3, -0.25) is 9.59 Å². The number of para-hydroxylation sites is 1. The van der Waals surface area contributed by atoms with Crippen LogP contribution < -0.4 is 4.90 Å². The highest BCUT2D eigenvalue weighted by molar-refractivity contribution is 6.38. The molecule has 0 saturated carbocycles. The van der Waals surface area contributed by atoms with E-state index in [1.54, 1.807) is 6.07 Å². The van der Waals surface area contributed by atoms with E-state index in [1.807, 2.05) is 84.9 Å². The van der Waals surface area contributed by atoms with Crippen molar-refractivity contribution in [3.63, 3.8) is 0 Å². The van der Waals surface area contributed by atoms with Crippen molar-refractivity contribution in [1.29, 1.82) is 0 Å². The molecule has 1 aliphatic heterocycles. The van der Waals surface area contributed by atoms with Crippen LogP contribution in [-0.2, 0) is 0 Å². The molecule has 3 heterocycles. The Hall–Kier alpha value is -5.95. The summed E-state index contributed by atoms with van der Waals surface area (Å²) in [5.74, 6) is -0.544. The Balaban J connectivity index is 1.36. The molecule has 0 radical (unpaired) electrons. The zero-order chi connectivity index (χ0) is 28.2. The highest BCUT2D eigenvalue weighted by atomic mass is 16.2. The third kappa shape index (κ3) is 3.57. The maximum absolute atomic E-state index is 14.2. The van der Waals surface area contributed by atoms with E-state index in [-0.39, 0.29) is 5.95 Å². The molecule has 7 aromatic rings. The van der Waals surface area contributed by atoms with Crippen molar-refractivity contribution in [1.82, 2.24) is 19.5 Å². The van der Waals surface area contributed by atoms with Gasteiger partial charge >= 0.3 is 0 Å². The van der Waals surface area contributed by atoms with Crippen molar-refractivity contribution in [2.75, 3.05) is 4.90 Å². The number of imide groups is 1. The first-order chi connectivity index (χ1) is 20.7. The van der Waals surface area contributed by atoms with Crippen LogP contribution in [-0.4, -0.2) is 31.3 Å². The molecule has 42 heavy (non-hydrogen) atoms. The van der Waals surface area contributed by atoms with Gasteiger partial charge in [0.25, 0.3) is 11.8 Å². The smallest absolute Gasteiger partial charge is 0.270 e. The van der Waals surface area contributed by atoms with Crippen LogP contribution in [0.25, 0.3) is 50.0 Å². The fraction of sp³-hybridized carbons (Fsp3) is 0. The molecule has 7 heteroatoms. The number of carbonyl (C=O) groups excluding carboxylic acids is 2. The van der Waals surface area contributed by atoms with Crippen LogP contribution in [0, 0.1) is 0 Å². The zero-order valence-corrected chi connectivity index (χ0v) is 22.2. The minimum absolute atomic E-state index is 0.00283. The summed E-state index contributed by atoms with van der Waals surface area (Å²) >= 11 is 0. The monoisotopic (exact) mass is 543 g/mol. The van der Waals surface area contributed by atoms with E-state index in [1.165, 1.54) is 6.33 Å². The highest BCUT2D eigenvalue weighted by Crippen LogP contribution is 2.40. The van der Waals surface area contributed by atoms with E-state index < -0.39 is 11.8 Å². The molecule has 7 nitrogen and oxygen atoms in total. The summed E-state index contributed by atoms with van der Waals surface area (Å²) in [5, 5.41) is 1.87. The molecule has 0 fully saturated rings. The maximum atomic E-state index is 14.2. The number of hydrogen-bond donors (Lipinski definition) is 0. The molecule has 2 aromatic heterocycles. The van der Waals surface area contributed by atoms with E-state index in [4.69, 9.17) is 0 Å². The average molecular weight is 544 g/mol. The van der Waals surface area contributed by atoms with Gasteiger partial charge in [0.1, 0.15) is 6.33 Å². The lowest BCUT2D eigenvalue weighted by atomic mass is 10.0. The fourth-order valence-electron chi connectivity index (χ4n) is 5.79. The second-order valence-corrected chi connectivity index (χ2v) is 10.1. The summed E-state index contributed by atoms with van der Waals surface area (Å²) in [5.41, 5.74) is 6.09. The molecule has 8 rings (SSSR count). The topological polar surface area (TPSA) is 81.0 Å². The van der Waals surface area contributed by atoms with Gasteiger partial charge in [-0.1, -0.05) is 91.0 Å². The van der Waals surface area contributed by atoms with Crippen molar-refractivity contribution in [2.24, 2.45) is 0 Å². The van der Waals surface area contributed by atoms with Gasteiger partial charge in [-0.15, -0.1) is 0 Å². The Morgan fingerprint density at radius 2 is 1.26 bits per heavy atom. The zero-order valence-electron chi connectivity index (χ0n) is 22.2. The molecule has 198 valence electrons. The van der Waals surface area contributed by atoms with Crippen LogP contribution in [0.15, 0.2) is 128 Å². The van der Waals surface area contributed by atoms with Crippen molar-refractivity contribution in [2.45, 2.75) is 0 Å². The number of aromatic nitrogens is 4. The standard InChI is InChI=1S/C35H21N5O2/c41-33-27-18-17-26-28-20-24(22-10-4-1-5-11-22)16-19-29(28)39(25-14-8-3-9-15-25)31(26)30(27)34(42)40(33)35-37-21-36-32(38-35)23-12-6-2-7-13-23/h1-21H. The first-order valence-electron chi connectivity index (χ1n) is 13.5. The molecule has 0 N–H and O–H groups in total. The minimum atomic E-state index is -0.464. The lowest BCUT2D eigenvalue weighted by Gasteiger charge is -2.12. The van der Waals surface area contributed by atoms with Crippen molar-refractivity contribution < 1.29 is 9.59 Å². The number of nitrogens with zero attached hydrogens (tertiary/aromatic N) is 5. The van der Waals surface area contributed by atoms with Gasteiger partial charge in [0.05, 0.1) is 22.2 Å². The third-order valence-corrected chi connectivity index (χ3v) is 7.69. The van der Waals surface area contributed by atoms with Gasteiger partial charge < -0.3 is 4.57 Å². The van der Waals surface area contributed by atoms with Crippen LogP contribution in [0.1, 0.15) is 20.7 Å². The summed E-state index contributed by atoms with van der Waals surface area (Å²) in [6.45, 7) is 0. The quantitative estimate of drug-likeness (QED) is 0.221. The van der Waals surface area contributed by atoms with Crippen molar-refractivity contribution in [3.05, 3.63) is 139 Å². The number of amides is 2. The number of hydrogen-bond acceptors (Lipinski definition) is 5. The predicted molar refractivity (Wildman–Crippen MR) is 163 cm³/mol. The fourth-order valence-corrected chi connectivity index (χ4v) is 5.79. The highest BCUT2D eigenvalue weighted by Gasteiger charge is 2.41. The van der Waals surface area contributed by atoms with Gasteiger partial charge in [0.15, 0.2) is 5.82 Å². The predicted octanol–water partition coefficient (Wildman–Crippen LogP) is 7.10. The average Bonchev–Trinajstić information content (AvgIpc) is 3.52. The van der Waals surface area contributed by atoms with Crippen LogP contribution in [0.5, 0.6) is 0 Å². The van der Waals surface area contributed by atoms with Gasteiger partial charge in [-0.05, 0) is 41.5 Å². The first kappa shape index (κ1) is 23.9. The minimum Gasteiger partial charge on any atom is -0.308 e. The summed E-state index contributed by atoms with van der Waals surface area (Å²) < 4.78 is 2.07. The van der Waals surface area contributed by atoms with Crippen LogP contribution in [0.4, 0.5) is 5.95 Å². The van der Waals surface area contributed by atoms with Crippen molar-refractivity contribution in [3.8, 4) is 28.2 Å². The van der Waals surface area contributed by atoms with Crippen LogP contribution in [0.2, 0.25) is 0 Å². The van der Waals surface area contributed by atoms with Crippen molar-refractivity contribution >= 4 is 39.6 Å². The van der Waals surface area contributed by atoms with Crippen LogP contribution in [0.3, 0.4) is 0 Å². The SMILES string of the molecule is O=C1c2ccc3c4cc(-c5ccccc5)ccc4n(-c4ccccc4)c3c2C(=O)N1c1ncnc(-c2ccccc2)n1. The van der Waals surface area contributed by atoms with Gasteiger partial charge in [0, 0.05) is 22.0 Å². The summed E-state index contributed by atoms with van der Waals surface area (Å²) in [7, 11) is 0. The maximum Gasteiger partial charge on any atom is 0.270 e. The molecular formula is C35H21N5O2. The second kappa shape index (κ2) is 9.31. The Labute approximate surface area is 240 Å². The number of benzene rings is 5. The number of fused-ring (bicyclic) bond motifs is 5. The molecule has 0 atom stereocenters. The number of rotatable bonds is 4. The Morgan fingerprint density at radius 3 is 2.00 bits per heavy atom. The molecule has 5 aromatic carbocycles. The summed E-state index contributed by atoms with van der Waals surface area (Å²) in [4.78, 5) is 42.1. The molecule has 0 spiro atoms. The van der Waals surface area contributed by atoms with Gasteiger partial charge in [-0.25, -0.2) is 14.9 Å². The number of anilines is 1. The lowest BCUT2D eigenvalue weighted by molar-refractivity contribution is 0.0924. The normalized spacial score (nSPS) is 12.8. The molecule has 2 amide bonds. The van der Waals surface area contributed by atoms with E-state index in [2.05, 4.69) is 49.9 Å². The molecule has 0 unspecified atom stereocenters. The van der Waals surface area contributed by atoms with Crippen LogP contribution >= 0.6 is 0 Å². The molecule has 1 aliphatic rings. The molecule has 0 aliphatic carbocycles. The van der Waals surface area contributed by atoms with E-state index >= 15 is 0 Å². The lowest BCUT2D eigenvalue weighted by Crippen LogP contribution is -2.31. The Bertz CT molecular complexity index is 2170. The van der Waals surface area contributed by atoms with Gasteiger partial charge in [0.2, 0.25) is 5.95 Å². The van der Waals surface area contributed by atoms with E-state index in [0.29, 0.717) is 22.5 Å². The Kier molecular flexibility index (Phi) is 5.30. The molecule has 0 bridgehead atoms. The Morgan fingerprint density at radius 1 is 0.571 bits per heavy atom. The largest absolute Gasteiger partial charge is 0.308 e. The van der Waals surface area contributed by atoms with Gasteiger partial charge in [-0.2, -0.15) is 4.98 Å². The third-order valence-electron chi connectivity index (χ3n) is 7.69. The molecular weight excluding hydrogens is 522 g/mol. The first-order valence-corrected chi connectivity index (χ1v) is 13.5. The second-order valence-electron chi connectivity index (χ2n) is 10.1. The van der Waals surface area contributed by atoms with E-state index in [9.17, 15) is 9.59 Å². The summed E-state index contributed by atoms with van der Waals surface area (Å²) in [6, 6.07) is 39.4.